The lowest BCUT2D eigenvalue weighted by molar-refractivity contribution is -0.0832. The van der Waals surface area contributed by atoms with Crippen molar-refractivity contribution in [2.45, 2.75) is 18.4 Å². The molecule has 12 heteroatoms. The fourth-order valence-electron chi connectivity index (χ4n) is 1.32. The summed E-state index contributed by atoms with van der Waals surface area (Å²) in [5.41, 5.74) is -2.30. The van der Waals surface area contributed by atoms with Crippen LogP contribution in [0.1, 0.15) is 12.8 Å². The van der Waals surface area contributed by atoms with E-state index < -0.39 is 21.2 Å². The Morgan fingerprint density at radius 2 is 1.68 bits per heavy atom. The van der Waals surface area contributed by atoms with E-state index in [9.17, 15) is 14.2 Å². The lowest BCUT2D eigenvalue weighted by Crippen LogP contribution is -2.29. The van der Waals surface area contributed by atoms with Crippen LogP contribution in [0.3, 0.4) is 0 Å². The molecule has 0 rings (SSSR count). The van der Waals surface area contributed by atoms with Gasteiger partial charge in [-0.1, -0.05) is 0 Å². The first-order valence-electron chi connectivity index (χ1n) is 6.38. The standard InChI is InChI=1S/C10H19Cl4O6P2/c11-3-1-2-10(15,21(16)18-7-4-12)20-22(17,9-6-14)19-8-5-13/h15H,1-9H2/q+1. The van der Waals surface area contributed by atoms with Crippen molar-refractivity contribution in [3.05, 3.63) is 0 Å². The van der Waals surface area contributed by atoms with E-state index in [1.807, 2.05) is 0 Å². The van der Waals surface area contributed by atoms with Gasteiger partial charge in [0.05, 0.1) is 25.1 Å². The molecule has 0 bridgehead atoms. The van der Waals surface area contributed by atoms with E-state index in [0.29, 0.717) is 0 Å². The van der Waals surface area contributed by atoms with Crippen molar-refractivity contribution in [1.29, 1.82) is 0 Å². The summed E-state index contributed by atoms with van der Waals surface area (Å²) >= 11 is 22.1. The molecule has 22 heavy (non-hydrogen) atoms. The van der Waals surface area contributed by atoms with Crippen LogP contribution >= 0.6 is 62.0 Å². The highest BCUT2D eigenvalue weighted by Gasteiger charge is 2.56. The number of hydrogen-bond donors (Lipinski definition) is 1. The zero-order valence-corrected chi connectivity index (χ0v) is 16.6. The van der Waals surface area contributed by atoms with Crippen LogP contribution in [0.4, 0.5) is 0 Å². The maximum Gasteiger partial charge on any atom is 0.576 e. The minimum Gasteiger partial charge on any atom is -0.323 e. The van der Waals surface area contributed by atoms with Crippen LogP contribution in [0.2, 0.25) is 0 Å². The van der Waals surface area contributed by atoms with E-state index in [2.05, 4.69) is 0 Å². The minimum atomic E-state index is -3.79. The second-order valence-corrected chi connectivity index (χ2v) is 9.04. The van der Waals surface area contributed by atoms with Gasteiger partial charge in [-0.15, -0.1) is 50.9 Å². The first-order chi connectivity index (χ1) is 10.4. The van der Waals surface area contributed by atoms with Crippen molar-refractivity contribution in [2.24, 2.45) is 0 Å². The van der Waals surface area contributed by atoms with Gasteiger partial charge in [0.15, 0.2) is 0 Å². The van der Waals surface area contributed by atoms with Crippen molar-refractivity contribution in [2.75, 3.05) is 42.9 Å². The Morgan fingerprint density at radius 3 is 2.18 bits per heavy atom. The molecule has 132 valence electrons. The van der Waals surface area contributed by atoms with Crippen molar-refractivity contribution in [1.82, 2.24) is 0 Å². The Kier molecular flexibility index (Phi) is 13.4. The van der Waals surface area contributed by atoms with E-state index in [1.165, 1.54) is 0 Å². The molecule has 0 saturated carbocycles. The average Bonchev–Trinajstić information content (AvgIpc) is 2.48. The van der Waals surface area contributed by atoms with Gasteiger partial charge in [-0.2, -0.15) is 0 Å². The molecule has 0 aromatic heterocycles. The minimum absolute atomic E-state index is 0.0372. The lowest BCUT2D eigenvalue weighted by Gasteiger charge is -2.23. The van der Waals surface area contributed by atoms with Gasteiger partial charge >= 0.3 is 21.2 Å². The van der Waals surface area contributed by atoms with Crippen LogP contribution in [-0.2, 0) is 22.7 Å². The molecule has 0 saturated heterocycles. The molecule has 3 unspecified atom stereocenters. The number of alkyl halides is 4. The Balaban J connectivity index is 5.12. The Hall–Kier alpha value is 1.33. The first-order valence-corrected chi connectivity index (χ1v) is 11.4. The highest BCUT2D eigenvalue weighted by Crippen LogP contribution is 2.57. The third-order valence-electron chi connectivity index (χ3n) is 2.22. The predicted molar refractivity (Wildman–Crippen MR) is 90.1 cm³/mol. The van der Waals surface area contributed by atoms with E-state index >= 15 is 0 Å². The summed E-state index contributed by atoms with van der Waals surface area (Å²) in [5.74, 6) is 0.302. The topological polar surface area (TPSA) is 82.1 Å². The molecule has 3 atom stereocenters. The molecule has 0 heterocycles. The second kappa shape index (κ2) is 12.7. The van der Waals surface area contributed by atoms with E-state index in [1.54, 1.807) is 0 Å². The van der Waals surface area contributed by atoms with E-state index in [4.69, 9.17) is 60.0 Å². The molecule has 0 amide bonds. The zero-order valence-electron chi connectivity index (χ0n) is 11.8. The van der Waals surface area contributed by atoms with Gasteiger partial charge in [0.25, 0.3) is 0 Å². The second-order valence-electron chi connectivity index (χ2n) is 3.95. The number of hydrogen-bond acceptors (Lipinski definition) is 6. The molecule has 0 aromatic carbocycles. The highest BCUT2D eigenvalue weighted by atomic mass is 35.5. The molecule has 0 spiro atoms. The maximum atomic E-state index is 12.5. The third kappa shape index (κ3) is 8.98. The van der Waals surface area contributed by atoms with Gasteiger partial charge < -0.3 is 9.63 Å². The molecule has 0 aromatic rings. The van der Waals surface area contributed by atoms with Crippen LogP contribution < -0.4 is 0 Å². The molecule has 0 fully saturated rings. The van der Waals surface area contributed by atoms with Crippen LogP contribution in [0.5, 0.6) is 0 Å². The summed E-state index contributed by atoms with van der Waals surface area (Å²) in [7, 11) is -6.51. The van der Waals surface area contributed by atoms with E-state index in [-0.39, 0.29) is 55.7 Å². The van der Waals surface area contributed by atoms with Crippen molar-refractivity contribution in [3.8, 4) is 0 Å². The quantitative estimate of drug-likeness (QED) is 0.246. The Labute approximate surface area is 151 Å². The normalized spacial score (nSPS) is 17.8. The summed E-state index contributed by atoms with van der Waals surface area (Å²) in [4.78, 5) is 0. The largest absolute Gasteiger partial charge is 0.576 e. The van der Waals surface area contributed by atoms with Crippen LogP contribution in [0, 0.1) is 0 Å². The maximum absolute atomic E-state index is 12.5. The molecule has 6 nitrogen and oxygen atoms in total. The predicted octanol–water partition coefficient (Wildman–Crippen LogP) is 4.35. The smallest absolute Gasteiger partial charge is 0.323 e. The van der Waals surface area contributed by atoms with E-state index in [0.717, 1.165) is 0 Å². The fraction of sp³-hybridized carbons (Fsp3) is 1.00. The van der Waals surface area contributed by atoms with Crippen LogP contribution in [-0.4, -0.2) is 53.5 Å². The number of halogens is 4. The molecule has 1 N–H and O–H groups in total. The average molecular weight is 439 g/mol. The van der Waals surface area contributed by atoms with Crippen LogP contribution in [0.15, 0.2) is 0 Å². The molecule has 0 aliphatic carbocycles. The van der Waals surface area contributed by atoms with Crippen LogP contribution in [0.25, 0.3) is 0 Å². The Bertz CT molecular complexity index is 375. The zero-order chi connectivity index (χ0) is 17.1. The van der Waals surface area contributed by atoms with Gasteiger partial charge in [0.2, 0.25) is 0 Å². The van der Waals surface area contributed by atoms with Gasteiger partial charge in [0.1, 0.15) is 6.61 Å². The summed E-state index contributed by atoms with van der Waals surface area (Å²) in [6, 6.07) is 0. The van der Waals surface area contributed by atoms with Gasteiger partial charge in [-0.3, -0.25) is 4.57 Å². The van der Waals surface area contributed by atoms with Gasteiger partial charge in [-0.25, -0.2) is 4.52 Å². The van der Waals surface area contributed by atoms with Gasteiger partial charge in [0, 0.05) is 17.6 Å². The highest BCUT2D eigenvalue weighted by molar-refractivity contribution is 7.54. The molecular formula is C10H19Cl4O6P2+. The molecule has 0 aliphatic rings. The summed E-state index contributed by atoms with van der Waals surface area (Å²) in [5, 5.41) is 10.4. The fourth-order valence-corrected chi connectivity index (χ4v) is 5.27. The molecule has 0 aliphatic heterocycles. The number of aliphatic hydroxyl groups is 1. The Morgan fingerprint density at radius 1 is 1.05 bits per heavy atom. The summed E-state index contributed by atoms with van der Waals surface area (Å²) in [6.07, 6.45) is -0.0580. The molecule has 0 radical (unpaired) electrons. The monoisotopic (exact) mass is 437 g/mol. The van der Waals surface area contributed by atoms with Crippen molar-refractivity contribution >= 4 is 62.0 Å². The SMILES string of the molecule is O=[P+](OCCCl)C(O)(CCCCl)OP(=O)(CCCl)OCCCl. The van der Waals surface area contributed by atoms with Gasteiger partial charge in [-0.05, 0) is 11.0 Å². The van der Waals surface area contributed by atoms with Crippen molar-refractivity contribution in [3.63, 3.8) is 0 Å². The third-order valence-corrected chi connectivity index (χ3v) is 6.62. The summed E-state index contributed by atoms with van der Waals surface area (Å²) < 4.78 is 39.8. The van der Waals surface area contributed by atoms with Crippen molar-refractivity contribution < 1.29 is 27.8 Å². The number of rotatable bonds is 14. The summed E-state index contributed by atoms with van der Waals surface area (Å²) in [6.45, 7) is -0.133. The first kappa shape index (κ1) is 23.3. The lowest BCUT2D eigenvalue weighted by atomic mass is 10.3. The molecular weight excluding hydrogens is 420 g/mol.